The number of fused-ring (bicyclic) bond motifs is 1. The van der Waals surface area contributed by atoms with E-state index in [1.807, 2.05) is 12.1 Å². The molecule has 1 aliphatic heterocycles. The van der Waals surface area contributed by atoms with Gasteiger partial charge in [-0.3, -0.25) is 4.79 Å². The molecular formula is C12H14ClNO2. The highest BCUT2D eigenvalue weighted by Crippen LogP contribution is 2.32. The number of carbonyl (C=O) groups is 1. The van der Waals surface area contributed by atoms with Crippen LogP contribution in [0.15, 0.2) is 18.2 Å². The van der Waals surface area contributed by atoms with Gasteiger partial charge >= 0.3 is 0 Å². The monoisotopic (exact) mass is 239 g/mol. The Morgan fingerprint density at radius 1 is 1.56 bits per heavy atom. The van der Waals surface area contributed by atoms with Gasteiger partial charge in [0.1, 0.15) is 12.4 Å². The maximum absolute atomic E-state index is 11.5. The molecule has 16 heavy (non-hydrogen) atoms. The van der Waals surface area contributed by atoms with Crippen molar-refractivity contribution in [1.29, 1.82) is 0 Å². The predicted octanol–water partition coefficient (Wildman–Crippen LogP) is 2.33. The lowest BCUT2D eigenvalue weighted by Gasteiger charge is -2.30. The van der Waals surface area contributed by atoms with Gasteiger partial charge in [0.05, 0.1) is 18.1 Å². The van der Waals surface area contributed by atoms with Crippen molar-refractivity contribution in [2.45, 2.75) is 6.92 Å². The van der Waals surface area contributed by atoms with E-state index in [0.717, 1.165) is 24.5 Å². The number of Topliss-reactive ketones (excluding diaryl/α,β-unsaturated/α-hetero) is 1. The lowest BCUT2D eigenvalue weighted by molar-refractivity contribution is 0.102. The van der Waals surface area contributed by atoms with E-state index in [-0.39, 0.29) is 11.7 Å². The lowest BCUT2D eigenvalue weighted by atomic mass is 10.1. The number of ketones is 1. The molecule has 0 fully saturated rings. The fraction of sp³-hybridized carbons (Fsp3) is 0.417. The minimum Gasteiger partial charge on any atom is -0.490 e. The largest absolute Gasteiger partial charge is 0.490 e. The highest BCUT2D eigenvalue weighted by atomic mass is 35.5. The SMILES string of the molecule is CCN1CCOc2ccc(C(=O)CCl)cc21. The second kappa shape index (κ2) is 4.74. The molecule has 0 atom stereocenters. The molecule has 0 amide bonds. The molecule has 3 nitrogen and oxygen atoms in total. The highest BCUT2D eigenvalue weighted by Gasteiger charge is 2.18. The summed E-state index contributed by atoms with van der Waals surface area (Å²) in [4.78, 5) is 13.7. The molecule has 0 aromatic heterocycles. The summed E-state index contributed by atoms with van der Waals surface area (Å²) in [5.74, 6) is 0.816. The van der Waals surface area contributed by atoms with Crippen LogP contribution < -0.4 is 9.64 Å². The number of carbonyl (C=O) groups excluding carboxylic acids is 1. The second-order valence-electron chi connectivity index (χ2n) is 3.67. The Morgan fingerprint density at radius 2 is 2.38 bits per heavy atom. The van der Waals surface area contributed by atoms with E-state index in [9.17, 15) is 4.79 Å². The average molecular weight is 240 g/mol. The van der Waals surface area contributed by atoms with Gasteiger partial charge in [0.2, 0.25) is 0 Å². The molecule has 1 aromatic carbocycles. The summed E-state index contributed by atoms with van der Waals surface area (Å²) in [6.45, 7) is 4.56. The van der Waals surface area contributed by atoms with E-state index >= 15 is 0 Å². The predicted molar refractivity (Wildman–Crippen MR) is 64.9 cm³/mol. The molecule has 0 unspecified atom stereocenters. The Hall–Kier alpha value is -1.22. The molecule has 4 heteroatoms. The number of halogens is 1. The fourth-order valence-electron chi connectivity index (χ4n) is 1.85. The number of nitrogens with zero attached hydrogens (tertiary/aromatic N) is 1. The molecular weight excluding hydrogens is 226 g/mol. The standard InChI is InChI=1S/C12H14ClNO2/c1-2-14-5-6-16-12-4-3-9(7-10(12)14)11(15)8-13/h3-4,7H,2,5-6,8H2,1H3. The van der Waals surface area contributed by atoms with Crippen molar-refractivity contribution in [2.75, 3.05) is 30.5 Å². The Labute approximate surface area is 100.0 Å². The fourth-order valence-corrected chi connectivity index (χ4v) is 2.01. The zero-order valence-corrected chi connectivity index (χ0v) is 9.96. The molecule has 0 saturated carbocycles. The van der Waals surface area contributed by atoms with Gasteiger partial charge in [-0.1, -0.05) is 0 Å². The molecule has 1 aromatic rings. The molecule has 0 spiro atoms. The van der Waals surface area contributed by atoms with Crippen molar-refractivity contribution in [3.63, 3.8) is 0 Å². The third kappa shape index (κ3) is 2.00. The Balaban J connectivity index is 2.38. The van der Waals surface area contributed by atoms with E-state index in [4.69, 9.17) is 16.3 Å². The number of hydrogen-bond acceptors (Lipinski definition) is 3. The normalized spacial score (nSPS) is 14.2. The van der Waals surface area contributed by atoms with Crippen LogP contribution in [0.4, 0.5) is 5.69 Å². The van der Waals surface area contributed by atoms with Crippen LogP contribution in [0.2, 0.25) is 0 Å². The Kier molecular flexibility index (Phi) is 3.34. The Morgan fingerprint density at radius 3 is 3.06 bits per heavy atom. The van der Waals surface area contributed by atoms with Crippen molar-refractivity contribution < 1.29 is 9.53 Å². The van der Waals surface area contributed by atoms with Crippen molar-refractivity contribution in [1.82, 2.24) is 0 Å². The van der Waals surface area contributed by atoms with Crippen LogP contribution in [-0.2, 0) is 0 Å². The van der Waals surface area contributed by atoms with Crippen LogP contribution >= 0.6 is 11.6 Å². The second-order valence-corrected chi connectivity index (χ2v) is 3.93. The van der Waals surface area contributed by atoms with E-state index in [1.54, 1.807) is 6.07 Å². The maximum Gasteiger partial charge on any atom is 0.177 e. The quantitative estimate of drug-likeness (QED) is 0.599. The zero-order chi connectivity index (χ0) is 11.5. The van der Waals surface area contributed by atoms with E-state index < -0.39 is 0 Å². The van der Waals surface area contributed by atoms with Crippen LogP contribution in [0.5, 0.6) is 5.75 Å². The smallest absolute Gasteiger partial charge is 0.177 e. The average Bonchev–Trinajstić information content (AvgIpc) is 2.36. The van der Waals surface area contributed by atoms with Crippen LogP contribution in [0, 0.1) is 0 Å². The van der Waals surface area contributed by atoms with E-state index in [2.05, 4.69) is 11.8 Å². The van der Waals surface area contributed by atoms with Crippen LogP contribution in [-0.4, -0.2) is 31.4 Å². The number of benzene rings is 1. The van der Waals surface area contributed by atoms with Crippen LogP contribution in [0.3, 0.4) is 0 Å². The van der Waals surface area contributed by atoms with E-state index in [1.165, 1.54) is 0 Å². The summed E-state index contributed by atoms with van der Waals surface area (Å²) in [6, 6.07) is 5.47. The summed E-state index contributed by atoms with van der Waals surface area (Å²) in [5.41, 5.74) is 1.64. The minimum absolute atomic E-state index is 0.0196. The molecule has 1 aliphatic rings. The summed E-state index contributed by atoms with van der Waals surface area (Å²) in [5, 5.41) is 0. The number of rotatable bonds is 3. The van der Waals surface area contributed by atoms with Crippen LogP contribution in [0.25, 0.3) is 0 Å². The summed E-state index contributed by atoms with van der Waals surface area (Å²) < 4.78 is 5.54. The summed E-state index contributed by atoms with van der Waals surface area (Å²) in [6.07, 6.45) is 0. The first-order chi connectivity index (χ1) is 7.76. The molecule has 2 rings (SSSR count). The molecule has 0 N–H and O–H groups in total. The zero-order valence-electron chi connectivity index (χ0n) is 9.20. The van der Waals surface area contributed by atoms with Gasteiger partial charge in [0.15, 0.2) is 5.78 Å². The van der Waals surface area contributed by atoms with E-state index in [0.29, 0.717) is 12.2 Å². The first kappa shape index (κ1) is 11.3. The molecule has 0 bridgehead atoms. The molecule has 1 heterocycles. The third-order valence-corrected chi connectivity index (χ3v) is 2.99. The van der Waals surface area contributed by atoms with Crippen molar-refractivity contribution in [3.05, 3.63) is 23.8 Å². The molecule has 0 saturated heterocycles. The first-order valence-corrected chi connectivity index (χ1v) is 5.90. The third-order valence-electron chi connectivity index (χ3n) is 2.74. The van der Waals surface area contributed by atoms with Gasteiger partial charge < -0.3 is 9.64 Å². The topological polar surface area (TPSA) is 29.5 Å². The maximum atomic E-state index is 11.5. The highest BCUT2D eigenvalue weighted by molar-refractivity contribution is 6.30. The van der Waals surface area contributed by atoms with Crippen molar-refractivity contribution in [2.24, 2.45) is 0 Å². The number of ether oxygens (including phenoxy) is 1. The first-order valence-electron chi connectivity index (χ1n) is 5.37. The lowest BCUT2D eigenvalue weighted by Crippen LogP contribution is -2.32. The number of anilines is 1. The van der Waals surface area contributed by atoms with Crippen molar-refractivity contribution >= 4 is 23.1 Å². The minimum atomic E-state index is -0.0499. The van der Waals surface area contributed by atoms with Gasteiger partial charge in [0, 0.05) is 12.1 Å². The molecule has 0 radical (unpaired) electrons. The number of alkyl halides is 1. The van der Waals surface area contributed by atoms with Gasteiger partial charge in [-0.25, -0.2) is 0 Å². The van der Waals surface area contributed by atoms with Gasteiger partial charge in [-0.05, 0) is 25.1 Å². The van der Waals surface area contributed by atoms with Crippen LogP contribution in [0.1, 0.15) is 17.3 Å². The van der Waals surface area contributed by atoms with Crippen molar-refractivity contribution in [3.8, 4) is 5.75 Å². The Bertz CT molecular complexity index is 406. The van der Waals surface area contributed by atoms with Gasteiger partial charge in [-0.2, -0.15) is 0 Å². The van der Waals surface area contributed by atoms with Gasteiger partial charge in [0.25, 0.3) is 0 Å². The number of likely N-dealkylation sites (N-methyl/N-ethyl adjacent to an activating group) is 1. The molecule has 86 valence electrons. The summed E-state index contributed by atoms with van der Waals surface area (Å²) >= 11 is 5.55. The summed E-state index contributed by atoms with van der Waals surface area (Å²) in [7, 11) is 0. The number of hydrogen-bond donors (Lipinski definition) is 0. The van der Waals surface area contributed by atoms with Gasteiger partial charge in [-0.15, -0.1) is 11.6 Å². The molecule has 0 aliphatic carbocycles.